The molecule has 1 atom stereocenters. The second kappa shape index (κ2) is 4.45. The predicted octanol–water partition coefficient (Wildman–Crippen LogP) is 4.08. The number of halogens is 1. The molecule has 0 fully saturated rings. The zero-order valence-electron chi connectivity index (χ0n) is 10.4. The van der Waals surface area contributed by atoms with E-state index in [0.717, 1.165) is 24.1 Å². The highest BCUT2D eigenvalue weighted by atomic mass is 19.1. The largest absolute Gasteiger partial charge is 0.385 e. The Morgan fingerprint density at radius 1 is 1.06 bits per heavy atom. The molecule has 2 aromatic rings. The maximum Gasteiger partial charge on any atom is 0.126 e. The molecule has 0 radical (unpaired) electrons. The van der Waals surface area contributed by atoms with Crippen molar-refractivity contribution in [3.63, 3.8) is 0 Å². The Morgan fingerprint density at radius 2 is 1.83 bits per heavy atom. The molecule has 92 valence electrons. The Morgan fingerprint density at radius 3 is 2.72 bits per heavy atom. The van der Waals surface area contributed by atoms with Gasteiger partial charge in [-0.2, -0.15) is 0 Å². The summed E-state index contributed by atoms with van der Waals surface area (Å²) in [5.41, 5.74) is 4.35. The Balaban J connectivity index is 2.11. The van der Waals surface area contributed by atoms with Crippen molar-refractivity contribution in [2.75, 3.05) is 11.9 Å². The maximum atomic E-state index is 13.7. The molecular weight excluding hydrogens is 225 g/mol. The molecule has 1 nitrogen and oxygen atoms in total. The number of hydrogen-bond donors (Lipinski definition) is 1. The van der Waals surface area contributed by atoms with E-state index in [1.807, 2.05) is 31.2 Å². The van der Waals surface area contributed by atoms with Crippen LogP contribution in [0.25, 0.3) is 0 Å². The number of nitrogens with one attached hydrogen (secondary N) is 1. The molecule has 0 saturated heterocycles. The van der Waals surface area contributed by atoms with Gasteiger partial charge in [0.25, 0.3) is 0 Å². The Labute approximate surface area is 107 Å². The summed E-state index contributed by atoms with van der Waals surface area (Å²) in [6, 6.07) is 13.7. The minimum absolute atomic E-state index is 0.108. The molecule has 3 rings (SSSR count). The van der Waals surface area contributed by atoms with Crippen LogP contribution in [0.4, 0.5) is 10.1 Å². The van der Waals surface area contributed by atoms with Gasteiger partial charge in [0.1, 0.15) is 5.82 Å². The minimum atomic E-state index is -0.108. The lowest BCUT2D eigenvalue weighted by Crippen LogP contribution is -2.18. The van der Waals surface area contributed by atoms with Gasteiger partial charge in [-0.25, -0.2) is 4.39 Å². The van der Waals surface area contributed by atoms with Crippen LogP contribution in [0.3, 0.4) is 0 Å². The summed E-state index contributed by atoms with van der Waals surface area (Å²) in [7, 11) is 0. The van der Waals surface area contributed by atoms with Crippen LogP contribution in [-0.4, -0.2) is 6.54 Å². The van der Waals surface area contributed by atoms with E-state index in [9.17, 15) is 4.39 Å². The molecule has 18 heavy (non-hydrogen) atoms. The van der Waals surface area contributed by atoms with Crippen LogP contribution in [0, 0.1) is 12.7 Å². The topological polar surface area (TPSA) is 12.0 Å². The molecule has 0 saturated carbocycles. The van der Waals surface area contributed by atoms with E-state index in [1.54, 1.807) is 0 Å². The zero-order chi connectivity index (χ0) is 12.5. The third-order valence-electron chi connectivity index (χ3n) is 3.77. The highest BCUT2D eigenvalue weighted by molar-refractivity contribution is 5.58. The second-order valence-corrected chi connectivity index (χ2v) is 4.81. The van der Waals surface area contributed by atoms with Gasteiger partial charge >= 0.3 is 0 Å². The molecule has 1 heterocycles. The van der Waals surface area contributed by atoms with E-state index < -0.39 is 0 Å². The van der Waals surface area contributed by atoms with E-state index in [4.69, 9.17) is 0 Å². The average Bonchev–Trinajstić information content (AvgIpc) is 2.41. The molecule has 0 spiro atoms. The van der Waals surface area contributed by atoms with Crippen LogP contribution in [0.1, 0.15) is 29.0 Å². The smallest absolute Gasteiger partial charge is 0.126 e. The van der Waals surface area contributed by atoms with Gasteiger partial charge in [-0.05, 0) is 42.2 Å². The molecule has 2 heteroatoms. The van der Waals surface area contributed by atoms with Crippen molar-refractivity contribution < 1.29 is 4.39 Å². The quantitative estimate of drug-likeness (QED) is 0.793. The fraction of sp³-hybridized carbons (Fsp3) is 0.250. The molecule has 0 aromatic heterocycles. The normalized spacial score (nSPS) is 18.0. The van der Waals surface area contributed by atoms with Gasteiger partial charge in [0.15, 0.2) is 0 Å². The third kappa shape index (κ3) is 1.78. The molecule has 2 aromatic carbocycles. The zero-order valence-corrected chi connectivity index (χ0v) is 10.4. The van der Waals surface area contributed by atoms with Gasteiger partial charge in [-0.15, -0.1) is 0 Å². The first kappa shape index (κ1) is 11.3. The molecule has 1 aliphatic rings. The molecule has 1 aliphatic heterocycles. The summed E-state index contributed by atoms with van der Waals surface area (Å²) in [5, 5.41) is 3.40. The van der Waals surface area contributed by atoms with E-state index >= 15 is 0 Å². The van der Waals surface area contributed by atoms with Crippen LogP contribution in [0.15, 0.2) is 42.5 Å². The lowest BCUT2D eigenvalue weighted by atomic mass is 9.83. The number of rotatable bonds is 1. The highest BCUT2D eigenvalue weighted by Gasteiger charge is 2.23. The van der Waals surface area contributed by atoms with Crippen molar-refractivity contribution in [1.29, 1.82) is 0 Å². The fourth-order valence-corrected chi connectivity index (χ4v) is 2.79. The van der Waals surface area contributed by atoms with E-state index in [2.05, 4.69) is 17.4 Å². The number of hydrogen-bond acceptors (Lipinski definition) is 1. The van der Waals surface area contributed by atoms with Gasteiger partial charge in [-0.1, -0.05) is 30.3 Å². The first-order valence-electron chi connectivity index (χ1n) is 6.35. The second-order valence-electron chi connectivity index (χ2n) is 4.81. The average molecular weight is 241 g/mol. The van der Waals surface area contributed by atoms with E-state index in [-0.39, 0.29) is 5.82 Å². The van der Waals surface area contributed by atoms with Crippen molar-refractivity contribution in [2.45, 2.75) is 19.3 Å². The fourth-order valence-electron chi connectivity index (χ4n) is 2.79. The molecular formula is C16H16FN. The SMILES string of the molecule is Cc1c(F)cccc1C1CCNc2ccccc21. The van der Waals surface area contributed by atoms with Gasteiger partial charge in [-0.3, -0.25) is 0 Å². The lowest BCUT2D eigenvalue weighted by Gasteiger charge is -2.28. The summed E-state index contributed by atoms with van der Waals surface area (Å²) in [6.45, 7) is 2.81. The molecule has 0 bridgehead atoms. The first-order valence-corrected chi connectivity index (χ1v) is 6.35. The van der Waals surface area contributed by atoms with Crippen LogP contribution >= 0.6 is 0 Å². The van der Waals surface area contributed by atoms with E-state index in [1.165, 1.54) is 17.3 Å². The lowest BCUT2D eigenvalue weighted by molar-refractivity contribution is 0.609. The number of anilines is 1. The van der Waals surface area contributed by atoms with Crippen molar-refractivity contribution >= 4 is 5.69 Å². The molecule has 0 amide bonds. The van der Waals surface area contributed by atoms with Crippen molar-refractivity contribution in [1.82, 2.24) is 0 Å². The summed E-state index contributed by atoms with van der Waals surface area (Å²) >= 11 is 0. The summed E-state index contributed by atoms with van der Waals surface area (Å²) < 4.78 is 13.7. The summed E-state index contributed by atoms with van der Waals surface area (Å²) in [6.07, 6.45) is 1.02. The van der Waals surface area contributed by atoms with E-state index in [0.29, 0.717) is 5.92 Å². The van der Waals surface area contributed by atoms with Crippen LogP contribution in [0.5, 0.6) is 0 Å². The summed E-state index contributed by atoms with van der Waals surface area (Å²) in [4.78, 5) is 0. The van der Waals surface area contributed by atoms with Crippen LogP contribution in [0.2, 0.25) is 0 Å². The first-order chi connectivity index (χ1) is 8.77. The van der Waals surface area contributed by atoms with Crippen LogP contribution < -0.4 is 5.32 Å². The van der Waals surface area contributed by atoms with Gasteiger partial charge in [0.2, 0.25) is 0 Å². The Bertz CT molecular complexity index is 577. The Kier molecular flexibility index (Phi) is 2.78. The van der Waals surface area contributed by atoms with Gasteiger partial charge in [0.05, 0.1) is 0 Å². The monoisotopic (exact) mass is 241 g/mol. The summed E-state index contributed by atoms with van der Waals surface area (Å²) in [5.74, 6) is 0.196. The Hall–Kier alpha value is -1.83. The van der Waals surface area contributed by atoms with Crippen molar-refractivity contribution in [3.8, 4) is 0 Å². The van der Waals surface area contributed by atoms with Crippen molar-refractivity contribution in [2.24, 2.45) is 0 Å². The minimum Gasteiger partial charge on any atom is -0.385 e. The number of fused-ring (bicyclic) bond motifs is 1. The molecule has 1 unspecified atom stereocenters. The third-order valence-corrected chi connectivity index (χ3v) is 3.77. The number of para-hydroxylation sites is 1. The predicted molar refractivity (Wildman–Crippen MR) is 72.5 cm³/mol. The molecule has 1 N–H and O–H groups in total. The van der Waals surface area contributed by atoms with Crippen LogP contribution in [-0.2, 0) is 0 Å². The highest BCUT2D eigenvalue weighted by Crippen LogP contribution is 2.37. The van der Waals surface area contributed by atoms with Gasteiger partial charge in [0, 0.05) is 18.2 Å². The standard InChI is InChI=1S/C16H16FN/c1-11-12(6-4-7-15(11)17)13-9-10-18-16-8-3-2-5-14(13)16/h2-8,13,18H,9-10H2,1H3. The molecule has 0 aliphatic carbocycles. The maximum absolute atomic E-state index is 13.7. The van der Waals surface area contributed by atoms with Crippen molar-refractivity contribution in [3.05, 3.63) is 65.0 Å². The number of benzene rings is 2. The van der Waals surface area contributed by atoms with Gasteiger partial charge < -0.3 is 5.32 Å².